The molecule has 0 bridgehead atoms. The molecule has 0 radical (unpaired) electrons. The van der Waals surface area contributed by atoms with Gasteiger partial charge in [0.15, 0.2) is 5.78 Å². The van der Waals surface area contributed by atoms with Gasteiger partial charge in [-0.25, -0.2) is 0 Å². The van der Waals surface area contributed by atoms with Gasteiger partial charge in [0.25, 0.3) is 0 Å². The summed E-state index contributed by atoms with van der Waals surface area (Å²) in [4.78, 5) is 10.5. The van der Waals surface area contributed by atoms with Crippen molar-refractivity contribution in [1.29, 1.82) is 0 Å². The first-order valence-electron chi connectivity index (χ1n) is 4.61. The Labute approximate surface area is 75.2 Å². The fourth-order valence-corrected chi connectivity index (χ4v) is 0.878. The predicted octanol–water partition coefficient (Wildman–Crippen LogP) is 3.27. The highest BCUT2D eigenvalue weighted by atomic mass is 16.1. The Morgan fingerprint density at radius 1 is 1.25 bits per heavy atom. The summed E-state index contributed by atoms with van der Waals surface area (Å²) < 4.78 is 0. The van der Waals surface area contributed by atoms with Gasteiger partial charge >= 0.3 is 0 Å². The van der Waals surface area contributed by atoms with Gasteiger partial charge in [-0.1, -0.05) is 38.0 Å². The molecule has 0 aromatic rings. The van der Waals surface area contributed by atoms with Crippen molar-refractivity contribution in [2.45, 2.75) is 39.5 Å². The minimum Gasteiger partial charge on any atom is -0.295 e. The van der Waals surface area contributed by atoms with Gasteiger partial charge < -0.3 is 0 Å². The number of hydrogen-bond donors (Lipinski definition) is 0. The lowest BCUT2D eigenvalue weighted by atomic mass is 10.2. The molecule has 0 aliphatic heterocycles. The highest BCUT2D eigenvalue weighted by Gasteiger charge is 1.80. The number of rotatable bonds is 6. The van der Waals surface area contributed by atoms with E-state index in [1.807, 2.05) is 6.08 Å². The summed E-state index contributed by atoms with van der Waals surface area (Å²) in [5.41, 5.74) is 0. The maximum atomic E-state index is 10.5. The minimum absolute atomic E-state index is 0.105. The van der Waals surface area contributed by atoms with Crippen LogP contribution in [-0.4, -0.2) is 5.78 Å². The second-order valence-corrected chi connectivity index (χ2v) is 2.89. The van der Waals surface area contributed by atoms with E-state index in [0.717, 1.165) is 6.42 Å². The lowest BCUT2D eigenvalue weighted by Crippen LogP contribution is -1.77. The average Bonchev–Trinajstić information content (AvgIpc) is 2.02. The van der Waals surface area contributed by atoms with Crippen LogP contribution in [0.3, 0.4) is 0 Å². The number of carbonyl (C=O) groups is 1. The van der Waals surface area contributed by atoms with Crippen molar-refractivity contribution in [2.24, 2.45) is 0 Å². The van der Waals surface area contributed by atoms with Crippen molar-refractivity contribution >= 4 is 5.78 Å². The number of unbranched alkanes of at least 4 members (excludes halogenated alkanes) is 3. The topological polar surface area (TPSA) is 17.1 Å². The second-order valence-electron chi connectivity index (χ2n) is 2.89. The maximum Gasteiger partial charge on any atom is 0.152 e. The summed E-state index contributed by atoms with van der Waals surface area (Å²) in [6.07, 6.45) is 12.4. The molecular weight excluding hydrogens is 148 g/mol. The zero-order valence-electron chi connectivity index (χ0n) is 8.05. The van der Waals surface area contributed by atoms with Gasteiger partial charge in [-0.15, -0.1) is 0 Å². The fourth-order valence-electron chi connectivity index (χ4n) is 0.878. The molecule has 0 aromatic heterocycles. The molecule has 68 valence electrons. The summed E-state index contributed by atoms with van der Waals surface area (Å²) in [6.45, 7) is 3.75. The summed E-state index contributed by atoms with van der Waals surface area (Å²) in [6, 6.07) is 0. The van der Waals surface area contributed by atoms with Gasteiger partial charge in [0, 0.05) is 0 Å². The van der Waals surface area contributed by atoms with E-state index in [-0.39, 0.29) is 5.78 Å². The van der Waals surface area contributed by atoms with Crippen LogP contribution in [0.15, 0.2) is 24.3 Å². The van der Waals surface area contributed by atoms with E-state index in [1.165, 1.54) is 19.3 Å². The Hall–Kier alpha value is -0.850. The van der Waals surface area contributed by atoms with Crippen LogP contribution in [0.5, 0.6) is 0 Å². The molecule has 0 saturated carbocycles. The van der Waals surface area contributed by atoms with Crippen LogP contribution in [-0.2, 0) is 4.79 Å². The Morgan fingerprint density at radius 2 is 2.00 bits per heavy atom. The highest BCUT2D eigenvalue weighted by Crippen LogP contribution is 1.99. The normalized spacial score (nSPS) is 11.5. The highest BCUT2D eigenvalue weighted by molar-refractivity contribution is 5.87. The van der Waals surface area contributed by atoms with Crippen molar-refractivity contribution in [3.8, 4) is 0 Å². The third-order valence-electron chi connectivity index (χ3n) is 1.55. The van der Waals surface area contributed by atoms with Crippen LogP contribution in [0.2, 0.25) is 0 Å². The van der Waals surface area contributed by atoms with Gasteiger partial charge in [-0.2, -0.15) is 0 Å². The first-order valence-corrected chi connectivity index (χ1v) is 4.61. The van der Waals surface area contributed by atoms with E-state index in [1.54, 1.807) is 19.1 Å². The Bertz CT molecular complexity index is 166. The molecule has 0 unspecified atom stereocenters. The van der Waals surface area contributed by atoms with Gasteiger partial charge in [0.1, 0.15) is 0 Å². The number of ketones is 1. The molecule has 1 heteroatoms. The molecule has 0 fully saturated rings. The van der Waals surface area contributed by atoms with Crippen molar-refractivity contribution in [2.75, 3.05) is 0 Å². The molecule has 0 aromatic carbocycles. The Morgan fingerprint density at radius 3 is 2.58 bits per heavy atom. The standard InChI is InChI=1S/C11H18O/c1-3-4-5-6-7-8-9-10-11(2)12/h7-10H,3-6H2,1-2H3/b8-7-,10-9-. The first-order chi connectivity index (χ1) is 5.77. The molecule has 0 rings (SSSR count). The van der Waals surface area contributed by atoms with E-state index >= 15 is 0 Å². The predicted molar refractivity (Wildman–Crippen MR) is 53.1 cm³/mol. The molecule has 1 nitrogen and oxygen atoms in total. The van der Waals surface area contributed by atoms with Crippen molar-refractivity contribution in [3.63, 3.8) is 0 Å². The first kappa shape index (κ1) is 11.2. The van der Waals surface area contributed by atoms with Gasteiger partial charge in [0.2, 0.25) is 0 Å². The molecule has 0 aliphatic rings. The van der Waals surface area contributed by atoms with Crippen LogP contribution in [0.25, 0.3) is 0 Å². The minimum atomic E-state index is 0.105. The van der Waals surface area contributed by atoms with Crippen molar-refractivity contribution in [1.82, 2.24) is 0 Å². The smallest absolute Gasteiger partial charge is 0.152 e. The Kier molecular flexibility index (Phi) is 7.66. The summed E-state index contributed by atoms with van der Waals surface area (Å²) in [5, 5.41) is 0. The largest absolute Gasteiger partial charge is 0.295 e. The van der Waals surface area contributed by atoms with Crippen LogP contribution < -0.4 is 0 Å². The molecule has 0 heterocycles. The number of carbonyl (C=O) groups excluding carboxylic acids is 1. The van der Waals surface area contributed by atoms with E-state index < -0.39 is 0 Å². The van der Waals surface area contributed by atoms with Crippen LogP contribution in [0.1, 0.15) is 39.5 Å². The van der Waals surface area contributed by atoms with E-state index in [9.17, 15) is 4.79 Å². The molecular formula is C11H18O. The summed E-state index contributed by atoms with van der Waals surface area (Å²) >= 11 is 0. The Balaban J connectivity index is 3.31. The van der Waals surface area contributed by atoms with Crippen LogP contribution in [0.4, 0.5) is 0 Å². The third-order valence-corrected chi connectivity index (χ3v) is 1.55. The fraction of sp³-hybridized carbons (Fsp3) is 0.545. The van der Waals surface area contributed by atoms with Crippen LogP contribution in [0, 0.1) is 0 Å². The molecule has 0 atom stereocenters. The van der Waals surface area contributed by atoms with E-state index in [0.29, 0.717) is 0 Å². The molecule has 0 N–H and O–H groups in total. The zero-order valence-corrected chi connectivity index (χ0v) is 8.05. The third kappa shape index (κ3) is 9.15. The van der Waals surface area contributed by atoms with E-state index in [2.05, 4.69) is 13.0 Å². The quantitative estimate of drug-likeness (QED) is 0.336. The SMILES string of the molecule is CCCCC/C=C\C=C/C(C)=O. The van der Waals surface area contributed by atoms with Gasteiger partial charge in [-0.05, 0) is 25.8 Å². The molecule has 12 heavy (non-hydrogen) atoms. The van der Waals surface area contributed by atoms with E-state index in [4.69, 9.17) is 0 Å². The second kappa shape index (κ2) is 8.25. The summed E-state index contributed by atoms with van der Waals surface area (Å²) in [5.74, 6) is 0.105. The molecule has 0 amide bonds. The van der Waals surface area contributed by atoms with Gasteiger partial charge in [0.05, 0.1) is 0 Å². The molecule has 0 aliphatic carbocycles. The lowest BCUT2D eigenvalue weighted by Gasteiger charge is -1.89. The van der Waals surface area contributed by atoms with Crippen molar-refractivity contribution in [3.05, 3.63) is 24.3 Å². The summed E-state index contributed by atoms with van der Waals surface area (Å²) in [7, 11) is 0. The zero-order chi connectivity index (χ0) is 9.23. The average molecular weight is 166 g/mol. The lowest BCUT2D eigenvalue weighted by molar-refractivity contribution is -0.112. The molecule has 0 saturated heterocycles. The number of allylic oxidation sites excluding steroid dienone is 4. The van der Waals surface area contributed by atoms with Crippen molar-refractivity contribution < 1.29 is 4.79 Å². The number of hydrogen-bond acceptors (Lipinski definition) is 1. The monoisotopic (exact) mass is 166 g/mol. The molecule has 0 spiro atoms. The maximum absolute atomic E-state index is 10.5. The van der Waals surface area contributed by atoms with Gasteiger partial charge in [-0.3, -0.25) is 4.79 Å². The van der Waals surface area contributed by atoms with Crippen LogP contribution >= 0.6 is 0 Å².